The Balaban J connectivity index is 1.93. The topological polar surface area (TPSA) is 94.7 Å². The van der Waals surface area contributed by atoms with Crippen LogP contribution in [0.25, 0.3) is 11.3 Å². The first-order valence-electron chi connectivity index (χ1n) is 6.25. The van der Waals surface area contributed by atoms with Gasteiger partial charge in [-0.2, -0.15) is 0 Å². The van der Waals surface area contributed by atoms with Crippen molar-refractivity contribution in [1.82, 2.24) is 19.9 Å². The molecule has 0 aromatic carbocycles. The number of rotatable bonds is 4. The van der Waals surface area contributed by atoms with Crippen LogP contribution in [0.5, 0.6) is 0 Å². The van der Waals surface area contributed by atoms with E-state index in [0.717, 1.165) is 17.3 Å². The van der Waals surface area contributed by atoms with Gasteiger partial charge in [-0.05, 0) is 36.0 Å². The van der Waals surface area contributed by atoms with E-state index in [1.54, 1.807) is 24.7 Å². The summed E-state index contributed by atoms with van der Waals surface area (Å²) in [6.07, 6.45) is 6.48. The van der Waals surface area contributed by atoms with Gasteiger partial charge in [-0.1, -0.05) is 0 Å². The van der Waals surface area contributed by atoms with Gasteiger partial charge >= 0.3 is 5.69 Å². The summed E-state index contributed by atoms with van der Waals surface area (Å²) < 4.78 is 0. The Bertz CT molecular complexity index is 813. The van der Waals surface area contributed by atoms with Gasteiger partial charge in [-0.15, -0.1) is 0 Å². The highest BCUT2D eigenvalue weighted by atomic mass is 32.2. The van der Waals surface area contributed by atoms with Gasteiger partial charge in [0.05, 0.1) is 10.6 Å². The van der Waals surface area contributed by atoms with Crippen LogP contribution in [0.15, 0.2) is 65.3 Å². The Morgan fingerprint density at radius 3 is 2.68 bits per heavy atom. The van der Waals surface area contributed by atoms with Crippen molar-refractivity contribution < 1.29 is 4.92 Å². The molecule has 0 saturated heterocycles. The zero-order valence-electron chi connectivity index (χ0n) is 11.2. The van der Waals surface area contributed by atoms with Crippen LogP contribution in [0.2, 0.25) is 0 Å². The van der Waals surface area contributed by atoms with Crippen molar-refractivity contribution >= 4 is 17.4 Å². The summed E-state index contributed by atoms with van der Waals surface area (Å²) in [7, 11) is 0. The van der Waals surface area contributed by atoms with Crippen LogP contribution >= 0.6 is 11.8 Å². The average Bonchev–Trinajstić information content (AvgIpc) is 2.56. The van der Waals surface area contributed by atoms with Crippen LogP contribution in [0, 0.1) is 10.1 Å². The molecule has 0 spiro atoms. The largest absolute Gasteiger partial charge is 0.301 e. The van der Waals surface area contributed by atoms with Gasteiger partial charge in [0.1, 0.15) is 0 Å². The Morgan fingerprint density at radius 2 is 1.91 bits per heavy atom. The lowest BCUT2D eigenvalue weighted by molar-refractivity contribution is -0.388. The van der Waals surface area contributed by atoms with Crippen molar-refractivity contribution in [3.05, 3.63) is 65.2 Å². The molecule has 0 saturated carbocycles. The fourth-order valence-electron chi connectivity index (χ4n) is 1.75. The number of nitrogens with zero attached hydrogens (tertiary/aromatic N) is 5. The number of hydrogen-bond donors (Lipinski definition) is 0. The number of hydrogen-bond acceptors (Lipinski definition) is 7. The summed E-state index contributed by atoms with van der Waals surface area (Å²) in [6, 6.07) is 8.38. The maximum Gasteiger partial charge on any atom is 0.301 e. The molecule has 0 aliphatic heterocycles. The standard InChI is InChI=1S/C14H9N5O2S/c20-19(21)12-4-2-7-16-13(12)22-14-17-8-5-11(18-14)10-3-1-6-15-9-10/h1-9H. The molecule has 108 valence electrons. The smallest absolute Gasteiger partial charge is 0.264 e. The summed E-state index contributed by atoms with van der Waals surface area (Å²) >= 11 is 1.06. The first-order chi connectivity index (χ1) is 10.7. The monoisotopic (exact) mass is 311 g/mol. The highest BCUT2D eigenvalue weighted by Gasteiger charge is 2.16. The Hall–Kier alpha value is -2.87. The maximum atomic E-state index is 11.0. The minimum absolute atomic E-state index is 0.0668. The molecule has 0 aliphatic carbocycles. The second-order valence-corrected chi connectivity index (χ2v) is 5.11. The predicted molar refractivity (Wildman–Crippen MR) is 80.3 cm³/mol. The normalized spacial score (nSPS) is 10.4. The molecule has 3 rings (SSSR count). The van der Waals surface area contributed by atoms with E-state index < -0.39 is 4.92 Å². The lowest BCUT2D eigenvalue weighted by Crippen LogP contribution is -1.95. The van der Waals surface area contributed by atoms with Crippen molar-refractivity contribution in [2.45, 2.75) is 10.2 Å². The molecule has 8 heteroatoms. The van der Waals surface area contributed by atoms with E-state index >= 15 is 0 Å². The van der Waals surface area contributed by atoms with E-state index in [2.05, 4.69) is 19.9 Å². The van der Waals surface area contributed by atoms with E-state index in [1.807, 2.05) is 12.1 Å². The molecule has 0 N–H and O–H groups in total. The fraction of sp³-hybridized carbons (Fsp3) is 0. The number of nitro groups is 1. The van der Waals surface area contributed by atoms with Crippen LogP contribution in [0.4, 0.5) is 5.69 Å². The molecule has 22 heavy (non-hydrogen) atoms. The van der Waals surface area contributed by atoms with Crippen LogP contribution in [0.3, 0.4) is 0 Å². The average molecular weight is 311 g/mol. The van der Waals surface area contributed by atoms with Crippen LogP contribution in [-0.4, -0.2) is 24.9 Å². The minimum atomic E-state index is -0.472. The third-order valence-corrected chi connectivity index (χ3v) is 3.61. The highest BCUT2D eigenvalue weighted by Crippen LogP contribution is 2.31. The van der Waals surface area contributed by atoms with E-state index in [9.17, 15) is 10.1 Å². The van der Waals surface area contributed by atoms with Crippen LogP contribution < -0.4 is 0 Å². The SMILES string of the molecule is O=[N+]([O-])c1cccnc1Sc1nccc(-c2cccnc2)n1. The predicted octanol–water partition coefficient (Wildman–Crippen LogP) is 2.99. The van der Waals surface area contributed by atoms with Gasteiger partial charge in [0.15, 0.2) is 10.2 Å². The minimum Gasteiger partial charge on any atom is -0.264 e. The van der Waals surface area contributed by atoms with E-state index in [-0.39, 0.29) is 10.7 Å². The quantitative estimate of drug-likeness (QED) is 0.415. The van der Waals surface area contributed by atoms with Gasteiger partial charge in [-0.25, -0.2) is 15.0 Å². The number of pyridine rings is 2. The molecule has 3 aromatic rings. The summed E-state index contributed by atoms with van der Waals surface area (Å²) in [5.41, 5.74) is 1.48. The first-order valence-corrected chi connectivity index (χ1v) is 7.06. The second kappa shape index (κ2) is 6.27. The lowest BCUT2D eigenvalue weighted by Gasteiger charge is -2.03. The van der Waals surface area contributed by atoms with E-state index in [4.69, 9.17) is 0 Å². The van der Waals surface area contributed by atoms with Crippen molar-refractivity contribution in [3.63, 3.8) is 0 Å². The Morgan fingerprint density at radius 1 is 1.05 bits per heavy atom. The molecule has 3 heterocycles. The van der Waals surface area contributed by atoms with Crippen molar-refractivity contribution in [2.75, 3.05) is 0 Å². The summed E-state index contributed by atoms with van der Waals surface area (Å²) in [5.74, 6) is 0. The summed E-state index contributed by atoms with van der Waals surface area (Å²) in [5, 5.41) is 11.7. The van der Waals surface area contributed by atoms with E-state index in [1.165, 1.54) is 18.3 Å². The summed E-state index contributed by atoms with van der Waals surface area (Å²) in [6.45, 7) is 0. The fourth-order valence-corrected chi connectivity index (χ4v) is 2.54. The zero-order valence-corrected chi connectivity index (χ0v) is 12.0. The van der Waals surface area contributed by atoms with Crippen molar-refractivity contribution in [3.8, 4) is 11.3 Å². The molecule has 0 atom stereocenters. The molecule has 0 unspecified atom stereocenters. The molecule has 3 aromatic heterocycles. The zero-order chi connectivity index (χ0) is 15.4. The van der Waals surface area contributed by atoms with Gasteiger partial charge in [0.2, 0.25) is 0 Å². The molecular weight excluding hydrogens is 302 g/mol. The molecule has 0 aliphatic rings. The molecular formula is C14H9N5O2S. The third kappa shape index (κ3) is 3.07. The molecule has 0 fully saturated rings. The first kappa shape index (κ1) is 14.1. The van der Waals surface area contributed by atoms with Crippen LogP contribution in [-0.2, 0) is 0 Å². The van der Waals surface area contributed by atoms with Crippen LogP contribution in [0.1, 0.15) is 0 Å². The molecule has 0 amide bonds. The van der Waals surface area contributed by atoms with E-state index in [0.29, 0.717) is 10.9 Å². The molecule has 0 bridgehead atoms. The van der Waals surface area contributed by atoms with Gasteiger partial charge < -0.3 is 0 Å². The summed E-state index contributed by atoms with van der Waals surface area (Å²) in [4.78, 5) is 27.1. The highest BCUT2D eigenvalue weighted by molar-refractivity contribution is 7.99. The van der Waals surface area contributed by atoms with Gasteiger partial charge in [0.25, 0.3) is 0 Å². The van der Waals surface area contributed by atoms with Gasteiger partial charge in [-0.3, -0.25) is 15.1 Å². The van der Waals surface area contributed by atoms with Crippen molar-refractivity contribution in [2.24, 2.45) is 0 Å². The third-order valence-electron chi connectivity index (χ3n) is 2.73. The Kier molecular flexibility index (Phi) is 4.01. The van der Waals surface area contributed by atoms with Crippen molar-refractivity contribution in [1.29, 1.82) is 0 Å². The second-order valence-electron chi connectivity index (χ2n) is 4.15. The lowest BCUT2D eigenvalue weighted by atomic mass is 10.2. The maximum absolute atomic E-state index is 11.0. The Labute approximate surface area is 129 Å². The number of aromatic nitrogens is 4. The van der Waals surface area contributed by atoms with Gasteiger partial charge in [0, 0.05) is 36.4 Å². The molecule has 7 nitrogen and oxygen atoms in total. The molecule has 0 radical (unpaired) electrons.